The summed E-state index contributed by atoms with van der Waals surface area (Å²) < 4.78 is 0. The van der Waals surface area contributed by atoms with Gasteiger partial charge in [0.1, 0.15) is 0 Å². The number of piperidine rings is 1. The highest BCUT2D eigenvalue weighted by atomic mass is 16.2. The maximum Gasteiger partial charge on any atom is 0.227 e. The Kier molecular flexibility index (Phi) is 4.31. The molecule has 0 bridgehead atoms. The van der Waals surface area contributed by atoms with Crippen molar-refractivity contribution in [1.29, 1.82) is 0 Å². The summed E-state index contributed by atoms with van der Waals surface area (Å²) in [4.78, 5) is 18.7. The average Bonchev–Trinajstić information content (AvgIpc) is 3.31. The van der Waals surface area contributed by atoms with Gasteiger partial charge < -0.3 is 10.2 Å². The summed E-state index contributed by atoms with van der Waals surface area (Å²) >= 11 is 0. The number of carbonyl (C=O) groups excluding carboxylic acids is 1. The first-order valence-corrected chi connectivity index (χ1v) is 7.74. The van der Waals surface area contributed by atoms with Crippen molar-refractivity contribution in [2.75, 3.05) is 13.1 Å². The minimum atomic E-state index is 0.257. The van der Waals surface area contributed by atoms with Crippen molar-refractivity contribution in [3.05, 3.63) is 30.1 Å². The molecular formula is C16H23N3O. The smallest absolute Gasteiger partial charge is 0.227 e. The fourth-order valence-electron chi connectivity index (χ4n) is 2.94. The minimum absolute atomic E-state index is 0.257. The zero-order valence-corrected chi connectivity index (χ0v) is 11.9. The molecule has 1 saturated heterocycles. The number of hydrogen-bond donors (Lipinski definition) is 1. The van der Waals surface area contributed by atoms with Crippen molar-refractivity contribution in [3.63, 3.8) is 0 Å². The van der Waals surface area contributed by atoms with Gasteiger partial charge in [-0.2, -0.15) is 0 Å². The van der Waals surface area contributed by atoms with E-state index in [4.69, 9.17) is 0 Å². The van der Waals surface area contributed by atoms with Crippen molar-refractivity contribution in [2.24, 2.45) is 0 Å². The fourth-order valence-corrected chi connectivity index (χ4v) is 2.94. The van der Waals surface area contributed by atoms with E-state index in [1.165, 1.54) is 32.1 Å². The van der Waals surface area contributed by atoms with E-state index in [1.807, 2.05) is 12.1 Å². The van der Waals surface area contributed by atoms with Gasteiger partial charge in [0.25, 0.3) is 0 Å². The lowest BCUT2D eigenvalue weighted by Gasteiger charge is -2.31. The number of pyridine rings is 1. The molecule has 2 aliphatic rings. The Morgan fingerprint density at radius 2 is 2.25 bits per heavy atom. The third-order valence-corrected chi connectivity index (χ3v) is 4.22. The predicted octanol–water partition coefficient (Wildman–Crippen LogP) is 1.76. The first kappa shape index (κ1) is 13.6. The zero-order chi connectivity index (χ0) is 13.8. The van der Waals surface area contributed by atoms with E-state index >= 15 is 0 Å². The van der Waals surface area contributed by atoms with Crippen molar-refractivity contribution in [1.82, 2.24) is 15.2 Å². The van der Waals surface area contributed by atoms with Crippen LogP contribution in [0, 0.1) is 0 Å². The summed E-state index contributed by atoms with van der Waals surface area (Å²) in [6.45, 7) is 1.98. The second-order valence-corrected chi connectivity index (χ2v) is 5.96. The van der Waals surface area contributed by atoms with Crippen LogP contribution in [0.15, 0.2) is 24.5 Å². The van der Waals surface area contributed by atoms with Crippen LogP contribution in [0.1, 0.15) is 37.7 Å². The summed E-state index contributed by atoms with van der Waals surface area (Å²) in [5.41, 5.74) is 1.01. The van der Waals surface area contributed by atoms with E-state index < -0.39 is 0 Å². The molecule has 1 aliphatic heterocycles. The number of nitrogens with one attached hydrogen (secondary N) is 1. The van der Waals surface area contributed by atoms with E-state index in [9.17, 15) is 4.79 Å². The van der Waals surface area contributed by atoms with E-state index in [-0.39, 0.29) is 5.91 Å². The molecular weight excluding hydrogens is 250 g/mol. The van der Waals surface area contributed by atoms with E-state index in [2.05, 4.69) is 15.2 Å². The Morgan fingerprint density at radius 3 is 2.90 bits per heavy atom. The van der Waals surface area contributed by atoms with Gasteiger partial charge in [0, 0.05) is 31.0 Å². The molecule has 4 heteroatoms. The lowest BCUT2D eigenvalue weighted by molar-refractivity contribution is -0.131. The van der Waals surface area contributed by atoms with Crippen LogP contribution in [0.25, 0.3) is 0 Å². The first-order valence-electron chi connectivity index (χ1n) is 7.74. The summed E-state index contributed by atoms with van der Waals surface area (Å²) in [5.74, 6) is 0.257. The van der Waals surface area contributed by atoms with Gasteiger partial charge in [-0.25, -0.2) is 0 Å². The topological polar surface area (TPSA) is 45.2 Å². The number of aromatic nitrogens is 1. The SMILES string of the molecule is O=C(Cc1cccnc1)N(CC1CCCCN1)C1CC1. The zero-order valence-electron chi connectivity index (χ0n) is 11.9. The van der Waals surface area contributed by atoms with Crippen molar-refractivity contribution in [3.8, 4) is 0 Å². The molecule has 0 aromatic carbocycles. The molecule has 20 heavy (non-hydrogen) atoms. The van der Waals surface area contributed by atoms with Gasteiger partial charge in [0.2, 0.25) is 5.91 Å². The van der Waals surface area contributed by atoms with Crippen molar-refractivity contribution < 1.29 is 4.79 Å². The summed E-state index contributed by atoms with van der Waals surface area (Å²) in [6, 6.07) is 4.85. The largest absolute Gasteiger partial charge is 0.338 e. The highest BCUT2D eigenvalue weighted by Crippen LogP contribution is 2.28. The summed E-state index contributed by atoms with van der Waals surface area (Å²) in [5, 5.41) is 3.54. The molecule has 4 nitrogen and oxygen atoms in total. The Morgan fingerprint density at radius 1 is 1.35 bits per heavy atom. The summed E-state index contributed by atoms with van der Waals surface area (Å²) in [7, 11) is 0. The van der Waals surface area contributed by atoms with Crippen LogP contribution in [0.3, 0.4) is 0 Å². The van der Waals surface area contributed by atoms with Gasteiger partial charge in [0.05, 0.1) is 6.42 Å². The molecule has 3 rings (SSSR count). The number of amides is 1. The van der Waals surface area contributed by atoms with Crippen LogP contribution in [0.4, 0.5) is 0 Å². The normalized spacial score (nSPS) is 22.5. The molecule has 1 N–H and O–H groups in total. The third-order valence-electron chi connectivity index (χ3n) is 4.22. The molecule has 1 amide bonds. The molecule has 1 atom stereocenters. The van der Waals surface area contributed by atoms with Crippen LogP contribution >= 0.6 is 0 Å². The molecule has 1 aliphatic carbocycles. The van der Waals surface area contributed by atoms with Gasteiger partial charge in [-0.05, 0) is 43.9 Å². The maximum absolute atomic E-state index is 12.5. The monoisotopic (exact) mass is 273 g/mol. The highest BCUT2D eigenvalue weighted by Gasteiger charge is 2.34. The van der Waals surface area contributed by atoms with Gasteiger partial charge in [-0.15, -0.1) is 0 Å². The lowest BCUT2D eigenvalue weighted by atomic mass is 10.0. The second kappa shape index (κ2) is 6.35. The van der Waals surface area contributed by atoms with Crippen LogP contribution < -0.4 is 5.32 Å². The van der Waals surface area contributed by atoms with E-state index in [0.717, 1.165) is 18.7 Å². The van der Waals surface area contributed by atoms with Gasteiger partial charge in [-0.1, -0.05) is 12.5 Å². The minimum Gasteiger partial charge on any atom is -0.338 e. The molecule has 0 radical (unpaired) electrons. The molecule has 1 aromatic rings. The molecule has 1 saturated carbocycles. The van der Waals surface area contributed by atoms with Crippen LogP contribution in [0.2, 0.25) is 0 Å². The van der Waals surface area contributed by atoms with Crippen molar-refractivity contribution >= 4 is 5.91 Å². The Labute approximate surface area is 120 Å². The maximum atomic E-state index is 12.5. The first-order chi connectivity index (χ1) is 9.83. The van der Waals surface area contributed by atoms with Crippen LogP contribution in [0.5, 0.6) is 0 Å². The van der Waals surface area contributed by atoms with Crippen molar-refractivity contribution in [2.45, 2.75) is 50.6 Å². The molecule has 0 spiro atoms. The lowest BCUT2D eigenvalue weighted by Crippen LogP contribution is -2.47. The quantitative estimate of drug-likeness (QED) is 0.889. The second-order valence-electron chi connectivity index (χ2n) is 5.96. The van der Waals surface area contributed by atoms with Crippen LogP contribution in [-0.4, -0.2) is 41.0 Å². The third kappa shape index (κ3) is 3.57. The van der Waals surface area contributed by atoms with Gasteiger partial charge in [0.15, 0.2) is 0 Å². The molecule has 1 unspecified atom stereocenters. The number of rotatable bonds is 5. The number of nitrogens with zero attached hydrogens (tertiary/aromatic N) is 2. The molecule has 1 aromatic heterocycles. The van der Waals surface area contributed by atoms with Gasteiger partial charge >= 0.3 is 0 Å². The fraction of sp³-hybridized carbons (Fsp3) is 0.625. The number of carbonyl (C=O) groups is 1. The van der Waals surface area contributed by atoms with Crippen LogP contribution in [-0.2, 0) is 11.2 Å². The molecule has 108 valence electrons. The summed E-state index contributed by atoms with van der Waals surface area (Å²) in [6.07, 6.45) is 10.1. The standard InChI is InChI=1S/C16H23N3O/c20-16(10-13-4-3-8-17-11-13)19(15-6-7-15)12-14-5-1-2-9-18-14/h3-4,8,11,14-15,18H,1-2,5-7,9-10,12H2. The average molecular weight is 273 g/mol. The molecule has 2 fully saturated rings. The number of hydrogen-bond acceptors (Lipinski definition) is 3. The van der Waals surface area contributed by atoms with E-state index in [0.29, 0.717) is 18.5 Å². The Balaban J connectivity index is 1.59. The highest BCUT2D eigenvalue weighted by molar-refractivity contribution is 5.79. The Bertz CT molecular complexity index is 438. The molecule has 2 heterocycles. The van der Waals surface area contributed by atoms with Gasteiger partial charge in [-0.3, -0.25) is 9.78 Å². The predicted molar refractivity (Wildman–Crippen MR) is 78.3 cm³/mol. The van der Waals surface area contributed by atoms with E-state index in [1.54, 1.807) is 12.4 Å². The Hall–Kier alpha value is -1.42.